The Morgan fingerprint density at radius 2 is 2.00 bits per heavy atom. The lowest BCUT2D eigenvalue weighted by Crippen LogP contribution is -2.39. The highest BCUT2D eigenvalue weighted by atomic mass is 16.2. The van der Waals surface area contributed by atoms with Gasteiger partial charge in [0.2, 0.25) is 0 Å². The minimum absolute atomic E-state index is 0.0592. The molecule has 26 heavy (non-hydrogen) atoms. The Morgan fingerprint density at radius 3 is 2.81 bits per heavy atom. The number of piperidine rings is 1. The summed E-state index contributed by atoms with van der Waals surface area (Å²) in [7, 11) is 0. The number of aromatic nitrogens is 3. The number of hydrogen-bond donors (Lipinski definition) is 0. The van der Waals surface area contributed by atoms with E-state index < -0.39 is 0 Å². The highest BCUT2D eigenvalue weighted by molar-refractivity contribution is 5.93. The van der Waals surface area contributed by atoms with Gasteiger partial charge < -0.3 is 9.47 Å². The average Bonchev–Trinajstić information content (AvgIpc) is 3.17. The van der Waals surface area contributed by atoms with E-state index in [2.05, 4.69) is 38.8 Å². The molecule has 1 aliphatic rings. The van der Waals surface area contributed by atoms with Gasteiger partial charge in [0.25, 0.3) is 5.91 Å². The van der Waals surface area contributed by atoms with Crippen molar-refractivity contribution in [2.45, 2.75) is 25.3 Å². The van der Waals surface area contributed by atoms with Gasteiger partial charge in [0, 0.05) is 50.3 Å². The summed E-state index contributed by atoms with van der Waals surface area (Å²) in [6.45, 7) is 2.31. The maximum Gasteiger partial charge on any atom is 0.255 e. The molecule has 1 fully saturated rings. The number of rotatable bonds is 4. The van der Waals surface area contributed by atoms with Crippen molar-refractivity contribution in [1.29, 1.82) is 0 Å². The summed E-state index contributed by atoms with van der Waals surface area (Å²) >= 11 is 0. The molecule has 4 rings (SSSR count). The first-order valence-corrected chi connectivity index (χ1v) is 9.05. The molecule has 0 unspecified atom stereocenters. The third kappa shape index (κ3) is 3.52. The summed E-state index contributed by atoms with van der Waals surface area (Å²) in [6, 6.07) is 14.0. The molecule has 5 heteroatoms. The topological polar surface area (TPSA) is 51.0 Å². The third-order valence-corrected chi connectivity index (χ3v) is 4.93. The van der Waals surface area contributed by atoms with E-state index in [1.54, 1.807) is 18.5 Å². The smallest absolute Gasteiger partial charge is 0.255 e. The number of nitrogens with zero attached hydrogens (tertiary/aromatic N) is 4. The maximum absolute atomic E-state index is 12.7. The number of carbonyl (C=O) groups is 1. The van der Waals surface area contributed by atoms with Crippen LogP contribution < -0.4 is 0 Å². The van der Waals surface area contributed by atoms with E-state index in [-0.39, 0.29) is 11.8 Å². The Kier molecular flexibility index (Phi) is 4.78. The van der Waals surface area contributed by atoms with Crippen molar-refractivity contribution >= 4 is 5.91 Å². The zero-order valence-electron chi connectivity index (χ0n) is 14.7. The predicted octanol–water partition coefficient (Wildman–Crippen LogP) is 3.35. The SMILES string of the molecule is O=C(c1cccnc1)N1CCC[C@H](c2nccn2Cc2ccccc2)C1. The minimum Gasteiger partial charge on any atom is -0.338 e. The molecule has 0 saturated carbocycles. The van der Waals surface area contributed by atoms with E-state index in [4.69, 9.17) is 0 Å². The van der Waals surface area contributed by atoms with Crippen LogP contribution >= 0.6 is 0 Å². The number of pyridine rings is 1. The first kappa shape index (κ1) is 16.5. The highest BCUT2D eigenvalue weighted by Gasteiger charge is 2.28. The van der Waals surface area contributed by atoms with E-state index in [0.29, 0.717) is 12.1 Å². The first-order valence-electron chi connectivity index (χ1n) is 9.05. The lowest BCUT2D eigenvalue weighted by atomic mass is 9.96. The van der Waals surface area contributed by atoms with Gasteiger partial charge >= 0.3 is 0 Å². The molecule has 0 spiro atoms. The molecular weight excluding hydrogens is 324 g/mol. The van der Waals surface area contributed by atoms with Gasteiger partial charge in [-0.25, -0.2) is 4.98 Å². The fourth-order valence-electron chi connectivity index (χ4n) is 3.64. The molecule has 1 saturated heterocycles. The van der Waals surface area contributed by atoms with Crippen molar-refractivity contribution in [3.63, 3.8) is 0 Å². The fraction of sp³-hybridized carbons (Fsp3) is 0.286. The molecule has 1 atom stereocenters. The van der Waals surface area contributed by atoms with Crippen LogP contribution in [0.5, 0.6) is 0 Å². The van der Waals surface area contributed by atoms with Crippen LogP contribution in [0, 0.1) is 0 Å². The van der Waals surface area contributed by atoms with E-state index in [0.717, 1.165) is 31.8 Å². The largest absolute Gasteiger partial charge is 0.338 e. The van der Waals surface area contributed by atoms with Crippen molar-refractivity contribution in [2.75, 3.05) is 13.1 Å². The van der Waals surface area contributed by atoms with Crippen LogP contribution in [-0.4, -0.2) is 38.4 Å². The van der Waals surface area contributed by atoms with Gasteiger partial charge in [-0.2, -0.15) is 0 Å². The zero-order chi connectivity index (χ0) is 17.8. The second-order valence-corrected chi connectivity index (χ2v) is 6.73. The molecule has 0 bridgehead atoms. The van der Waals surface area contributed by atoms with Gasteiger partial charge in [-0.05, 0) is 30.5 Å². The Morgan fingerprint density at radius 1 is 1.12 bits per heavy atom. The van der Waals surface area contributed by atoms with Crippen LogP contribution in [-0.2, 0) is 6.54 Å². The molecule has 1 aliphatic heterocycles. The summed E-state index contributed by atoms with van der Waals surface area (Å²) in [6.07, 6.45) is 9.28. The summed E-state index contributed by atoms with van der Waals surface area (Å²) < 4.78 is 2.21. The summed E-state index contributed by atoms with van der Waals surface area (Å²) in [5, 5.41) is 0. The van der Waals surface area contributed by atoms with Crippen LogP contribution in [0.4, 0.5) is 0 Å². The number of hydrogen-bond acceptors (Lipinski definition) is 3. The van der Waals surface area contributed by atoms with Crippen molar-refractivity contribution < 1.29 is 4.79 Å². The van der Waals surface area contributed by atoms with Gasteiger partial charge in [-0.15, -0.1) is 0 Å². The van der Waals surface area contributed by atoms with Crippen molar-refractivity contribution in [1.82, 2.24) is 19.4 Å². The highest BCUT2D eigenvalue weighted by Crippen LogP contribution is 2.27. The summed E-state index contributed by atoms with van der Waals surface area (Å²) in [4.78, 5) is 23.4. The molecular formula is C21H22N4O. The molecule has 0 N–H and O–H groups in total. The van der Waals surface area contributed by atoms with Gasteiger partial charge in [-0.3, -0.25) is 9.78 Å². The second kappa shape index (κ2) is 7.52. The van der Waals surface area contributed by atoms with Crippen molar-refractivity contribution in [3.05, 3.63) is 84.2 Å². The average molecular weight is 346 g/mol. The molecule has 3 aromatic rings. The summed E-state index contributed by atoms with van der Waals surface area (Å²) in [5.41, 5.74) is 1.91. The molecule has 5 nitrogen and oxygen atoms in total. The molecule has 1 amide bonds. The Hall–Kier alpha value is -2.95. The molecule has 3 heterocycles. The van der Waals surface area contributed by atoms with Gasteiger partial charge in [0.05, 0.1) is 5.56 Å². The van der Waals surface area contributed by atoms with Gasteiger partial charge in [-0.1, -0.05) is 30.3 Å². The molecule has 0 aliphatic carbocycles. The van der Waals surface area contributed by atoms with Crippen LogP contribution in [0.3, 0.4) is 0 Å². The normalized spacial score (nSPS) is 17.2. The summed E-state index contributed by atoms with van der Waals surface area (Å²) in [5.74, 6) is 1.39. The lowest BCUT2D eigenvalue weighted by molar-refractivity contribution is 0.0703. The zero-order valence-corrected chi connectivity index (χ0v) is 14.7. The van der Waals surface area contributed by atoms with E-state index >= 15 is 0 Å². The number of amides is 1. The quantitative estimate of drug-likeness (QED) is 0.728. The van der Waals surface area contributed by atoms with Crippen LogP contribution in [0.25, 0.3) is 0 Å². The predicted molar refractivity (Wildman–Crippen MR) is 99.9 cm³/mol. The van der Waals surface area contributed by atoms with Crippen molar-refractivity contribution in [3.8, 4) is 0 Å². The first-order chi connectivity index (χ1) is 12.8. The number of imidazole rings is 1. The minimum atomic E-state index is 0.0592. The number of likely N-dealkylation sites (tertiary alicyclic amines) is 1. The van der Waals surface area contributed by atoms with Gasteiger partial charge in [0.1, 0.15) is 5.82 Å². The lowest BCUT2D eigenvalue weighted by Gasteiger charge is -2.32. The Labute approximate surface area is 153 Å². The third-order valence-electron chi connectivity index (χ3n) is 4.93. The molecule has 132 valence electrons. The van der Waals surface area contributed by atoms with E-state index in [1.807, 2.05) is 29.4 Å². The van der Waals surface area contributed by atoms with Gasteiger partial charge in [0.15, 0.2) is 0 Å². The Balaban J connectivity index is 1.50. The van der Waals surface area contributed by atoms with E-state index in [1.165, 1.54) is 5.56 Å². The maximum atomic E-state index is 12.7. The van der Waals surface area contributed by atoms with Crippen molar-refractivity contribution in [2.24, 2.45) is 0 Å². The second-order valence-electron chi connectivity index (χ2n) is 6.73. The van der Waals surface area contributed by atoms with E-state index in [9.17, 15) is 4.79 Å². The number of benzene rings is 1. The van der Waals surface area contributed by atoms with Crippen LogP contribution in [0.1, 0.15) is 40.5 Å². The molecule has 1 aromatic carbocycles. The van der Waals surface area contributed by atoms with Crippen LogP contribution in [0.2, 0.25) is 0 Å². The standard InChI is InChI=1S/C21H22N4O/c26-21(18-8-4-10-22-14-18)25-12-5-9-19(16-25)20-23-11-13-24(20)15-17-6-2-1-3-7-17/h1-4,6-8,10-11,13-14,19H,5,9,12,15-16H2/t19-/m0/s1. The van der Waals surface area contributed by atoms with Crippen LogP contribution in [0.15, 0.2) is 67.3 Å². The molecule has 2 aromatic heterocycles. The monoisotopic (exact) mass is 346 g/mol. The Bertz CT molecular complexity index is 860. The fourth-order valence-corrected chi connectivity index (χ4v) is 3.64. The number of carbonyl (C=O) groups excluding carboxylic acids is 1. The molecule has 0 radical (unpaired) electrons.